The maximum Gasteiger partial charge on any atom is 0.0372 e. The minimum absolute atomic E-state index is 0.731. The maximum absolute atomic E-state index is 4.47. The molecule has 0 aliphatic heterocycles. The predicted molar refractivity (Wildman–Crippen MR) is 84.6 cm³/mol. The number of pyridine rings is 1. The molecule has 0 fully saturated rings. The average molecular weight is 261 g/mol. The second-order valence-electron chi connectivity index (χ2n) is 5.77. The van der Waals surface area contributed by atoms with Gasteiger partial charge in [0.2, 0.25) is 0 Å². The monoisotopic (exact) mass is 261 g/mol. The first-order valence-corrected chi connectivity index (χ1v) is 8.20. The zero-order valence-corrected chi connectivity index (χ0v) is 13.1. The molecule has 0 aromatic carbocycles. The van der Waals surface area contributed by atoms with Gasteiger partial charge in [-0.05, 0) is 37.3 Å². The van der Waals surface area contributed by atoms with Crippen molar-refractivity contribution >= 4 is 0 Å². The molecule has 0 N–H and O–H groups in total. The van der Waals surface area contributed by atoms with Gasteiger partial charge in [0.25, 0.3) is 0 Å². The third-order valence-electron chi connectivity index (χ3n) is 3.97. The minimum atomic E-state index is 0.731. The molecule has 0 radical (unpaired) electrons. The zero-order chi connectivity index (χ0) is 13.9. The van der Waals surface area contributed by atoms with Crippen molar-refractivity contribution in [2.45, 2.75) is 84.5 Å². The van der Waals surface area contributed by atoms with E-state index >= 15 is 0 Å². The molecule has 0 saturated carbocycles. The Hall–Kier alpha value is -0.850. The molecule has 108 valence electrons. The number of nitrogens with zero attached hydrogens (tertiary/aromatic N) is 1. The highest BCUT2D eigenvalue weighted by atomic mass is 14.7. The first-order chi connectivity index (χ1) is 9.27. The molecule has 1 unspecified atom stereocenters. The van der Waals surface area contributed by atoms with Crippen LogP contribution in [-0.2, 0) is 0 Å². The standard InChI is InChI=1S/C18H31N/c1-4-6-8-9-10-12-17(11-7-5-2)18-14-13-16(3)19-15-18/h13-15,17H,4-12H2,1-3H3. The summed E-state index contributed by atoms with van der Waals surface area (Å²) >= 11 is 0. The molecule has 0 amide bonds. The van der Waals surface area contributed by atoms with Crippen LogP contribution in [0.1, 0.15) is 88.8 Å². The van der Waals surface area contributed by atoms with Gasteiger partial charge in [-0.3, -0.25) is 4.98 Å². The second kappa shape index (κ2) is 10.00. The quantitative estimate of drug-likeness (QED) is 0.469. The summed E-state index contributed by atoms with van der Waals surface area (Å²) in [5, 5.41) is 0. The normalized spacial score (nSPS) is 12.6. The first-order valence-electron chi connectivity index (χ1n) is 8.20. The van der Waals surface area contributed by atoms with Gasteiger partial charge in [-0.2, -0.15) is 0 Å². The van der Waals surface area contributed by atoms with E-state index in [0.29, 0.717) is 0 Å². The molecule has 0 spiro atoms. The third kappa shape index (κ3) is 6.75. The van der Waals surface area contributed by atoms with Gasteiger partial charge in [-0.15, -0.1) is 0 Å². The Morgan fingerprint density at radius 1 is 0.895 bits per heavy atom. The van der Waals surface area contributed by atoms with Crippen LogP contribution < -0.4 is 0 Å². The van der Waals surface area contributed by atoms with Crippen molar-refractivity contribution in [3.63, 3.8) is 0 Å². The van der Waals surface area contributed by atoms with Crippen LogP contribution >= 0.6 is 0 Å². The molecular formula is C18H31N. The summed E-state index contributed by atoms with van der Waals surface area (Å²) < 4.78 is 0. The molecule has 1 nitrogen and oxygen atoms in total. The van der Waals surface area contributed by atoms with Gasteiger partial charge in [-0.1, -0.05) is 64.9 Å². The molecule has 1 atom stereocenters. The van der Waals surface area contributed by atoms with Crippen molar-refractivity contribution in [2.75, 3.05) is 0 Å². The minimum Gasteiger partial charge on any atom is -0.261 e. The molecule has 1 heterocycles. The lowest BCUT2D eigenvalue weighted by Crippen LogP contribution is -2.00. The van der Waals surface area contributed by atoms with Crippen molar-refractivity contribution in [3.8, 4) is 0 Å². The Bertz CT molecular complexity index is 315. The van der Waals surface area contributed by atoms with Gasteiger partial charge in [0.15, 0.2) is 0 Å². The Morgan fingerprint density at radius 2 is 1.58 bits per heavy atom. The summed E-state index contributed by atoms with van der Waals surface area (Å²) in [4.78, 5) is 4.47. The van der Waals surface area contributed by atoms with Crippen LogP contribution in [0.15, 0.2) is 18.3 Å². The fourth-order valence-electron chi connectivity index (χ4n) is 2.64. The second-order valence-corrected chi connectivity index (χ2v) is 5.77. The lowest BCUT2D eigenvalue weighted by molar-refractivity contribution is 0.503. The fourth-order valence-corrected chi connectivity index (χ4v) is 2.64. The Labute approximate surface area is 119 Å². The Kier molecular flexibility index (Phi) is 8.53. The largest absolute Gasteiger partial charge is 0.261 e. The molecule has 19 heavy (non-hydrogen) atoms. The smallest absolute Gasteiger partial charge is 0.0372 e. The van der Waals surface area contributed by atoms with Crippen molar-refractivity contribution < 1.29 is 0 Å². The molecule has 0 saturated heterocycles. The molecule has 0 bridgehead atoms. The topological polar surface area (TPSA) is 12.9 Å². The van der Waals surface area contributed by atoms with E-state index in [-0.39, 0.29) is 0 Å². The Morgan fingerprint density at radius 3 is 2.21 bits per heavy atom. The lowest BCUT2D eigenvalue weighted by Gasteiger charge is -2.17. The maximum atomic E-state index is 4.47. The van der Waals surface area contributed by atoms with Gasteiger partial charge in [0.1, 0.15) is 0 Å². The molecular weight excluding hydrogens is 230 g/mol. The fraction of sp³-hybridized carbons (Fsp3) is 0.722. The number of aryl methyl sites for hydroxylation is 1. The summed E-state index contributed by atoms with van der Waals surface area (Å²) in [5.41, 5.74) is 2.58. The first kappa shape index (κ1) is 16.2. The highest BCUT2D eigenvalue weighted by Crippen LogP contribution is 2.27. The summed E-state index contributed by atoms with van der Waals surface area (Å²) in [6.45, 7) is 6.63. The van der Waals surface area contributed by atoms with E-state index in [9.17, 15) is 0 Å². The summed E-state index contributed by atoms with van der Waals surface area (Å²) in [6.07, 6.45) is 14.3. The van der Waals surface area contributed by atoms with Gasteiger partial charge in [0, 0.05) is 11.9 Å². The summed E-state index contributed by atoms with van der Waals surface area (Å²) in [6, 6.07) is 4.44. The molecule has 0 aliphatic rings. The molecule has 1 aromatic heterocycles. The van der Waals surface area contributed by atoms with Gasteiger partial charge >= 0.3 is 0 Å². The molecule has 1 rings (SSSR count). The third-order valence-corrected chi connectivity index (χ3v) is 3.97. The van der Waals surface area contributed by atoms with Crippen molar-refractivity contribution in [2.24, 2.45) is 0 Å². The average Bonchev–Trinajstić information content (AvgIpc) is 2.43. The van der Waals surface area contributed by atoms with E-state index in [2.05, 4.69) is 44.1 Å². The highest BCUT2D eigenvalue weighted by Gasteiger charge is 2.11. The van der Waals surface area contributed by atoms with E-state index in [1.807, 2.05) is 0 Å². The van der Waals surface area contributed by atoms with Crippen LogP contribution in [0, 0.1) is 6.92 Å². The SMILES string of the molecule is CCCCCCCC(CCCC)c1ccc(C)nc1. The lowest BCUT2D eigenvalue weighted by atomic mass is 9.89. The molecule has 1 aromatic rings. The summed E-state index contributed by atoms with van der Waals surface area (Å²) in [7, 11) is 0. The number of hydrogen-bond acceptors (Lipinski definition) is 1. The van der Waals surface area contributed by atoms with Crippen LogP contribution in [0.2, 0.25) is 0 Å². The van der Waals surface area contributed by atoms with E-state index in [1.54, 1.807) is 0 Å². The summed E-state index contributed by atoms with van der Waals surface area (Å²) in [5.74, 6) is 0.731. The molecule has 0 aliphatic carbocycles. The number of unbranched alkanes of at least 4 members (excludes halogenated alkanes) is 5. The zero-order valence-electron chi connectivity index (χ0n) is 13.1. The molecule has 1 heteroatoms. The predicted octanol–water partition coefficient (Wildman–Crippen LogP) is 6.02. The van der Waals surface area contributed by atoms with Gasteiger partial charge < -0.3 is 0 Å². The van der Waals surface area contributed by atoms with Crippen molar-refractivity contribution in [1.82, 2.24) is 4.98 Å². The highest BCUT2D eigenvalue weighted by molar-refractivity contribution is 5.17. The van der Waals surface area contributed by atoms with Crippen LogP contribution in [0.5, 0.6) is 0 Å². The van der Waals surface area contributed by atoms with Crippen LogP contribution in [0.4, 0.5) is 0 Å². The van der Waals surface area contributed by atoms with E-state index < -0.39 is 0 Å². The van der Waals surface area contributed by atoms with Crippen molar-refractivity contribution in [3.05, 3.63) is 29.6 Å². The van der Waals surface area contributed by atoms with Gasteiger partial charge in [0.05, 0.1) is 0 Å². The van der Waals surface area contributed by atoms with E-state index in [1.165, 1.54) is 63.4 Å². The van der Waals surface area contributed by atoms with E-state index in [4.69, 9.17) is 0 Å². The van der Waals surface area contributed by atoms with Crippen molar-refractivity contribution in [1.29, 1.82) is 0 Å². The number of rotatable bonds is 10. The van der Waals surface area contributed by atoms with Crippen LogP contribution in [0.25, 0.3) is 0 Å². The van der Waals surface area contributed by atoms with Crippen LogP contribution in [0.3, 0.4) is 0 Å². The number of aromatic nitrogens is 1. The van der Waals surface area contributed by atoms with Gasteiger partial charge in [-0.25, -0.2) is 0 Å². The van der Waals surface area contributed by atoms with Crippen LogP contribution in [-0.4, -0.2) is 4.98 Å². The Balaban J connectivity index is 2.44. The van der Waals surface area contributed by atoms with E-state index in [0.717, 1.165) is 11.6 Å². The number of hydrogen-bond donors (Lipinski definition) is 0.